The number of nitrogens with one attached hydrogen (secondary N) is 1. The van der Waals surface area contributed by atoms with Gasteiger partial charge in [-0.05, 0) is 61.6 Å². The van der Waals surface area contributed by atoms with E-state index in [0.717, 1.165) is 6.29 Å². The summed E-state index contributed by atoms with van der Waals surface area (Å²) in [6.07, 6.45) is 0.849. The Morgan fingerprint density at radius 1 is 1.02 bits per heavy atom. The summed E-state index contributed by atoms with van der Waals surface area (Å²) in [5.41, 5.74) is 1.17. The molecule has 2 aromatic carbocycles. The minimum absolute atomic E-state index is 0.107. The van der Waals surface area contributed by atoms with E-state index >= 15 is 0 Å². The highest BCUT2D eigenvalue weighted by Gasteiger charge is 2.47. The molecule has 1 heterocycles. The molecule has 0 aliphatic carbocycles. The van der Waals surface area contributed by atoms with Crippen molar-refractivity contribution < 1.29 is 28.7 Å². The van der Waals surface area contributed by atoms with Crippen molar-refractivity contribution in [2.45, 2.75) is 64.8 Å². The van der Waals surface area contributed by atoms with Crippen LogP contribution in [0.4, 0.5) is 0 Å². The third kappa shape index (κ3) is 7.69. The second kappa shape index (κ2) is 14.1. The lowest BCUT2D eigenvalue weighted by atomic mass is 9.97. The molecule has 4 atom stereocenters. The summed E-state index contributed by atoms with van der Waals surface area (Å²) in [4.78, 5) is 55.3. The summed E-state index contributed by atoms with van der Waals surface area (Å²) in [5, 5.41) is 2.87. The van der Waals surface area contributed by atoms with Gasteiger partial charge in [-0.1, -0.05) is 58.0 Å². The lowest BCUT2D eigenvalue weighted by molar-refractivity contribution is -0.148. The molecule has 1 aliphatic heterocycles. The largest absolute Gasteiger partial charge is 0.483 e. The topological polar surface area (TPSA) is 105 Å². The average Bonchev–Trinajstić information content (AvgIpc) is 3.20. The van der Waals surface area contributed by atoms with Crippen LogP contribution in [0.2, 0.25) is 0 Å². The molecular weight excluding hydrogens is 510 g/mol. The van der Waals surface area contributed by atoms with E-state index in [1.54, 1.807) is 29.2 Å². The van der Waals surface area contributed by atoms with Gasteiger partial charge in [0.15, 0.2) is 12.1 Å². The highest BCUT2D eigenvalue weighted by atomic mass is 16.5. The first-order valence-corrected chi connectivity index (χ1v) is 13.7. The van der Waals surface area contributed by atoms with Gasteiger partial charge in [-0.3, -0.25) is 19.3 Å². The molecule has 1 aliphatic rings. The number of nitrogens with zero attached hydrogens (tertiary/aromatic N) is 2. The van der Waals surface area contributed by atoms with Crippen molar-refractivity contribution in [2.75, 3.05) is 20.8 Å². The average molecular weight is 552 g/mol. The lowest BCUT2D eigenvalue weighted by Crippen LogP contribution is -2.56. The van der Waals surface area contributed by atoms with Crippen molar-refractivity contribution in [3.8, 4) is 5.75 Å². The van der Waals surface area contributed by atoms with E-state index in [4.69, 9.17) is 9.47 Å². The highest BCUT2D eigenvalue weighted by Crippen LogP contribution is 2.32. The van der Waals surface area contributed by atoms with Gasteiger partial charge in [0.2, 0.25) is 11.8 Å². The first-order chi connectivity index (χ1) is 19.0. The summed E-state index contributed by atoms with van der Waals surface area (Å²) < 4.78 is 11.4. The number of likely N-dealkylation sites (N-methyl/N-ethyl adjacent to an activating group) is 1. The van der Waals surface area contributed by atoms with Crippen LogP contribution in [0.1, 0.15) is 62.6 Å². The monoisotopic (exact) mass is 551 g/mol. The van der Waals surface area contributed by atoms with E-state index in [1.165, 1.54) is 7.11 Å². The van der Waals surface area contributed by atoms with Gasteiger partial charge < -0.3 is 19.7 Å². The predicted octanol–water partition coefficient (Wildman–Crippen LogP) is 3.84. The SMILES string of the molecule is COC(=O)[C@H](CC(C)C)NC(=O)[C@H]([C@@H](Oc1ccc(C=O)cc1)c1ccccc1)N1CN(C)[C@@H](CC(C)C)C1=O. The quantitative estimate of drug-likeness (QED) is 0.298. The van der Waals surface area contributed by atoms with Crippen molar-refractivity contribution in [2.24, 2.45) is 11.8 Å². The van der Waals surface area contributed by atoms with Gasteiger partial charge in [0.1, 0.15) is 18.1 Å². The molecule has 40 heavy (non-hydrogen) atoms. The molecule has 216 valence electrons. The normalized spacial score (nSPS) is 17.9. The number of aldehydes is 1. The van der Waals surface area contributed by atoms with Crippen LogP contribution in [0.25, 0.3) is 0 Å². The zero-order chi connectivity index (χ0) is 29.4. The molecule has 1 N–H and O–H groups in total. The third-order valence-corrected chi connectivity index (χ3v) is 6.98. The van der Waals surface area contributed by atoms with Crippen LogP contribution in [0, 0.1) is 11.8 Å². The summed E-state index contributed by atoms with van der Waals surface area (Å²) in [7, 11) is 3.15. The maximum Gasteiger partial charge on any atom is 0.328 e. The Labute approximate surface area is 236 Å². The Hall–Kier alpha value is -3.72. The molecule has 2 aromatic rings. The Morgan fingerprint density at radius 3 is 2.23 bits per heavy atom. The Kier molecular flexibility index (Phi) is 10.8. The van der Waals surface area contributed by atoms with E-state index in [-0.39, 0.29) is 30.5 Å². The zero-order valence-electron chi connectivity index (χ0n) is 24.2. The molecule has 0 aromatic heterocycles. The maximum absolute atomic E-state index is 14.2. The molecule has 0 unspecified atom stereocenters. The third-order valence-electron chi connectivity index (χ3n) is 6.98. The maximum atomic E-state index is 14.2. The van der Waals surface area contributed by atoms with Crippen molar-refractivity contribution in [1.82, 2.24) is 15.1 Å². The van der Waals surface area contributed by atoms with Crippen molar-refractivity contribution in [3.05, 3.63) is 65.7 Å². The van der Waals surface area contributed by atoms with Crippen molar-refractivity contribution in [3.63, 3.8) is 0 Å². The van der Waals surface area contributed by atoms with E-state index < -0.39 is 30.1 Å². The van der Waals surface area contributed by atoms with E-state index in [0.29, 0.717) is 29.7 Å². The van der Waals surface area contributed by atoms with E-state index in [9.17, 15) is 19.2 Å². The minimum atomic E-state index is -1.10. The minimum Gasteiger partial charge on any atom is -0.483 e. The first-order valence-electron chi connectivity index (χ1n) is 13.7. The van der Waals surface area contributed by atoms with Gasteiger partial charge in [0, 0.05) is 5.56 Å². The van der Waals surface area contributed by atoms with Crippen LogP contribution < -0.4 is 10.1 Å². The fraction of sp³-hybridized carbons (Fsp3) is 0.484. The second-order valence-electron chi connectivity index (χ2n) is 11.1. The smallest absolute Gasteiger partial charge is 0.328 e. The number of rotatable bonds is 13. The van der Waals surface area contributed by atoms with Gasteiger partial charge in [-0.25, -0.2) is 4.79 Å². The molecule has 1 saturated heterocycles. The van der Waals surface area contributed by atoms with Crippen molar-refractivity contribution in [1.29, 1.82) is 0 Å². The number of hydrogen-bond donors (Lipinski definition) is 1. The van der Waals surface area contributed by atoms with Crippen LogP contribution in [0.5, 0.6) is 5.75 Å². The molecular formula is C31H41N3O6. The summed E-state index contributed by atoms with van der Waals surface area (Å²) in [5.74, 6) is -0.420. The lowest BCUT2D eigenvalue weighted by Gasteiger charge is -2.35. The van der Waals surface area contributed by atoms with Crippen LogP contribution in [-0.4, -0.2) is 72.8 Å². The summed E-state index contributed by atoms with van der Waals surface area (Å²) in [6, 6.07) is 13.4. The van der Waals surface area contributed by atoms with Gasteiger partial charge in [-0.2, -0.15) is 0 Å². The highest BCUT2D eigenvalue weighted by molar-refractivity contribution is 5.93. The van der Waals surface area contributed by atoms with E-state index in [1.807, 2.05) is 56.1 Å². The predicted molar refractivity (Wildman–Crippen MR) is 152 cm³/mol. The number of methoxy groups -OCH3 is 1. The first kappa shape index (κ1) is 30.8. The number of esters is 1. The summed E-state index contributed by atoms with van der Waals surface area (Å²) in [6.45, 7) is 8.24. The number of carbonyl (C=O) groups is 4. The Morgan fingerprint density at radius 2 is 1.68 bits per heavy atom. The number of amides is 2. The number of hydrogen-bond acceptors (Lipinski definition) is 7. The fourth-order valence-electron chi connectivity index (χ4n) is 5.00. The molecule has 0 saturated carbocycles. The molecule has 2 amide bonds. The number of benzene rings is 2. The number of ether oxygens (including phenoxy) is 2. The fourth-order valence-corrected chi connectivity index (χ4v) is 5.00. The van der Waals surface area contributed by atoms with Crippen LogP contribution in [-0.2, 0) is 19.1 Å². The standard InChI is InChI=1S/C31H41N3O6/c1-20(2)16-25(31(38)39-6)32-29(36)27(34-19-33(5)26(30(34)37)17-21(3)4)28(23-10-8-7-9-11-23)40-24-14-12-22(18-35)13-15-24/h7-15,18,20-21,25-28H,16-17,19H2,1-6H3,(H,32,36)/t25-,26-,27-,28-/m0/s1. The van der Waals surface area contributed by atoms with Crippen molar-refractivity contribution >= 4 is 24.1 Å². The van der Waals surface area contributed by atoms with Crippen LogP contribution in [0.15, 0.2) is 54.6 Å². The zero-order valence-corrected chi connectivity index (χ0v) is 24.2. The second-order valence-corrected chi connectivity index (χ2v) is 11.1. The Bertz CT molecular complexity index is 1150. The van der Waals surface area contributed by atoms with Crippen LogP contribution >= 0.6 is 0 Å². The molecule has 0 bridgehead atoms. The molecule has 9 heteroatoms. The molecule has 1 fully saturated rings. The van der Waals surface area contributed by atoms with Gasteiger partial charge in [0.25, 0.3) is 0 Å². The van der Waals surface area contributed by atoms with Gasteiger partial charge in [0.05, 0.1) is 19.8 Å². The van der Waals surface area contributed by atoms with Gasteiger partial charge >= 0.3 is 5.97 Å². The van der Waals surface area contributed by atoms with E-state index in [2.05, 4.69) is 19.2 Å². The molecule has 0 radical (unpaired) electrons. The molecule has 3 rings (SSSR count). The number of carbonyl (C=O) groups excluding carboxylic acids is 4. The molecule has 9 nitrogen and oxygen atoms in total. The van der Waals surface area contributed by atoms with Crippen LogP contribution in [0.3, 0.4) is 0 Å². The molecule has 0 spiro atoms. The van der Waals surface area contributed by atoms with Gasteiger partial charge in [-0.15, -0.1) is 0 Å². The Balaban J connectivity index is 2.08. The summed E-state index contributed by atoms with van der Waals surface area (Å²) >= 11 is 0.